The maximum atomic E-state index is 4.56. The van der Waals surface area contributed by atoms with E-state index in [1.807, 2.05) is 12.3 Å². The molecule has 3 heteroatoms. The standard InChI is InChI=1S/C16H19N3/c1-3-12-5-2-6-18-16(12)13(4-1)9-19-10-14-7-17-8-15(14)11-19/h1-6,14-15,17H,7-11H2. The summed E-state index contributed by atoms with van der Waals surface area (Å²) in [6, 6.07) is 10.7. The fourth-order valence-corrected chi connectivity index (χ4v) is 3.62. The minimum absolute atomic E-state index is 0.864. The van der Waals surface area contributed by atoms with Gasteiger partial charge in [0, 0.05) is 31.2 Å². The number of aromatic nitrogens is 1. The van der Waals surface area contributed by atoms with Gasteiger partial charge in [0.05, 0.1) is 5.52 Å². The highest BCUT2D eigenvalue weighted by Gasteiger charge is 2.35. The van der Waals surface area contributed by atoms with Gasteiger partial charge < -0.3 is 5.32 Å². The maximum Gasteiger partial charge on any atom is 0.0746 e. The molecule has 2 aliphatic rings. The minimum atomic E-state index is 0.864. The van der Waals surface area contributed by atoms with Crippen molar-refractivity contribution in [3.8, 4) is 0 Å². The lowest BCUT2D eigenvalue weighted by Crippen LogP contribution is -2.25. The molecule has 1 N–H and O–H groups in total. The molecule has 19 heavy (non-hydrogen) atoms. The van der Waals surface area contributed by atoms with Crippen molar-refractivity contribution in [3.05, 3.63) is 42.1 Å². The highest BCUT2D eigenvalue weighted by molar-refractivity contribution is 5.81. The molecule has 1 aromatic carbocycles. The SMILES string of the molecule is c1cnc2c(CN3CC4CNCC4C3)cccc2c1. The second-order valence-corrected chi connectivity index (χ2v) is 5.86. The highest BCUT2D eigenvalue weighted by Crippen LogP contribution is 2.28. The van der Waals surface area contributed by atoms with Gasteiger partial charge in [0.25, 0.3) is 0 Å². The number of rotatable bonds is 2. The molecule has 0 amide bonds. The lowest BCUT2D eigenvalue weighted by molar-refractivity contribution is 0.306. The van der Waals surface area contributed by atoms with E-state index in [0.29, 0.717) is 0 Å². The Morgan fingerprint density at radius 1 is 1.11 bits per heavy atom. The summed E-state index contributed by atoms with van der Waals surface area (Å²) in [5.74, 6) is 1.73. The summed E-state index contributed by atoms with van der Waals surface area (Å²) in [6.45, 7) is 5.92. The van der Waals surface area contributed by atoms with Gasteiger partial charge >= 0.3 is 0 Å². The number of nitrogens with zero attached hydrogens (tertiary/aromatic N) is 2. The third-order valence-electron chi connectivity index (χ3n) is 4.58. The largest absolute Gasteiger partial charge is 0.316 e. The summed E-state index contributed by atoms with van der Waals surface area (Å²) in [5.41, 5.74) is 2.53. The molecule has 0 spiro atoms. The molecule has 2 aromatic rings. The summed E-state index contributed by atoms with van der Waals surface area (Å²) >= 11 is 0. The van der Waals surface area contributed by atoms with E-state index < -0.39 is 0 Å². The summed E-state index contributed by atoms with van der Waals surface area (Å²) in [6.07, 6.45) is 1.90. The van der Waals surface area contributed by atoms with Crippen molar-refractivity contribution in [2.75, 3.05) is 26.2 Å². The van der Waals surface area contributed by atoms with Gasteiger partial charge in [0.2, 0.25) is 0 Å². The van der Waals surface area contributed by atoms with Crippen LogP contribution >= 0.6 is 0 Å². The van der Waals surface area contributed by atoms with Crippen LogP contribution in [0.15, 0.2) is 36.5 Å². The predicted molar refractivity (Wildman–Crippen MR) is 76.9 cm³/mol. The van der Waals surface area contributed by atoms with Crippen LogP contribution in [0, 0.1) is 11.8 Å². The highest BCUT2D eigenvalue weighted by atomic mass is 15.2. The van der Waals surface area contributed by atoms with Crippen LogP contribution in [0.5, 0.6) is 0 Å². The van der Waals surface area contributed by atoms with Crippen molar-refractivity contribution in [1.29, 1.82) is 0 Å². The third kappa shape index (κ3) is 2.03. The Morgan fingerprint density at radius 2 is 1.89 bits per heavy atom. The maximum absolute atomic E-state index is 4.56. The number of fused-ring (bicyclic) bond motifs is 2. The van der Waals surface area contributed by atoms with E-state index in [0.717, 1.165) is 18.4 Å². The molecule has 2 aliphatic heterocycles. The average Bonchev–Trinajstić information content (AvgIpc) is 3.00. The van der Waals surface area contributed by atoms with E-state index in [1.165, 1.54) is 42.6 Å². The smallest absolute Gasteiger partial charge is 0.0746 e. The third-order valence-corrected chi connectivity index (χ3v) is 4.58. The summed E-state index contributed by atoms with van der Waals surface area (Å²) in [7, 11) is 0. The second kappa shape index (κ2) is 4.58. The lowest BCUT2D eigenvalue weighted by Gasteiger charge is -2.17. The Bertz CT molecular complexity index is 578. The Kier molecular flexibility index (Phi) is 2.75. The van der Waals surface area contributed by atoms with E-state index in [9.17, 15) is 0 Å². The minimum Gasteiger partial charge on any atom is -0.316 e. The van der Waals surface area contributed by atoms with Gasteiger partial charge in [-0.3, -0.25) is 9.88 Å². The van der Waals surface area contributed by atoms with Crippen LogP contribution in [0.25, 0.3) is 10.9 Å². The van der Waals surface area contributed by atoms with E-state index >= 15 is 0 Å². The van der Waals surface area contributed by atoms with Gasteiger partial charge in [0.1, 0.15) is 0 Å². The molecule has 4 rings (SSSR count). The first-order chi connectivity index (χ1) is 9.40. The molecule has 98 valence electrons. The van der Waals surface area contributed by atoms with Crippen LogP contribution < -0.4 is 5.32 Å². The van der Waals surface area contributed by atoms with Crippen LogP contribution in [-0.2, 0) is 6.54 Å². The van der Waals surface area contributed by atoms with Crippen LogP contribution in [0.3, 0.4) is 0 Å². The Morgan fingerprint density at radius 3 is 2.74 bits per heavy atom. The van der Waals surface area contributed by atoms with Crippen molar-refractivity contribution in [1.82, 2.24) is 15.2 Å². The molecule has 1 aromatic heterocycles. The average molecular weight is 253 g/mol. The first-order valence-corrected chi connectivity index (χ1v) is 7.16. The second-order valence-electron chi connectivity index (χ2n) is 5.86. The molecule has 2 fully saturated rings. The normalized spacial score (nSPS) is 26.9. The number of pyridine rings is 1. The van der Waals surface area contributed by atoms with E-state index in [4.69, 9.17) is 0 Å². The quantitative estimate of drug-likeness (QED) is 0.886. The molecule has 0 aliphatic carbocycles. The van der Waals surface area contributed by atoms with Crippen LogP contribution in [0.4, 0.5) is 0 Å². The number of hydrogen-bond donors (Lipinski definition) is 1. The van der Waals surface area contributed by atoms with Gasteiger partial charge in [-0.25, -0.2) is 0 Å². The van der Waals surface area contributed by atoms with Crippen LogP contribution in [0.2, 0.25) is 0 Å². The Labute approximate surface area is 113 Å². The molecule has 2 atom stereocenters. The fourth-order valence-electron chi connectivity index (χ4n) is 3.62. The summed E-state index contributed by atoms with van der Waals surface area (Å²) in [5, 5.41) is 4.75. The Balaban J connectivity index is 1.59. The fraction of sp³-hybridized carbons (Fsp3) is 0.438. The van der Waals surface area contributed by atoms with Crippen molar-refractivity contribution in [2.45, 2.75) is 6.54 Å². The van der Waals surface area contributed by atoms with Crippen LogP contribution in [0.1, 0.15) is 5.56 Å². The van der Waals surface area contributed by atoms with Crippen molar-refractivity contribution >= 4 is 10.9 Å². The van der Waals surface area contributed by atoms with Crippen molar-refractivity contribution in [3.63, 3.8) is 0 Å². The number of likely N-dealkylation sites (tertiary alicyclic amines) is 1. The zero-order valence-corrected chi connectivity index (χ0v) is 11.0. The summed E-state index contributed by atoms with van der Waals surface area (Å²) < 4.78 is 0. The first-order valence-electron chi connectivity index (χ1n) is 7.16. The molecule has 0 bridgehead atoms. The monoisotopic (exact) mass is 253 g/mol. The van der Waals surface area contributed by atoms with Gasteiger partial charge in [-0.05, 0) is 36.6 Å². The molecule has 0 saturated carbocycles. The predicted octanol–water partition coefficient (Wildman–Crippen LogP) is 1.89. The molecular weight excluding hydrogens is 234 g/mol. The van der Waals surface area contributed by atoms with Gasteiger partial charge in [-0.1, -0.05) is 24.3 Å². The molecule has 3 heterocycles. The van der Waals surface area contributed by atoms with Crippen molar-refractivity contribution < 1.29 is 0 Å². The summed E-state index contributed by atoms with van der Waals surface area (Å²) in [4.78, 5) is 7.15. The molecule has 2 unspecified atom stereocenters. The van der Waals surface area contributed by atoms with E-state index in [2.05, 4.69) is 39.5 Å². The lowest BCUT2D eigenvalue weighted by atomic mass is 10.0. The van der Waals surface area contributed by atoms with Gasteiger partial charge in [0.15, 0.2) is 0 Å². The van der Waals surface area contributed by atoms with Crippen molar-refractivity contribution in [2.24, 2.45) is 11.8 Å². The van der Waals surface area contributed by atoms with Gasteiger partial charge in [-0.15, -0.1) is 0 Å². The molecule has 0 radical (unpaired) electrons. The number of para-hydroxylation sites is 1. The Hall–Kier alpha value is -1.45. The molecule has 3 nitrogen and oxygen atoms in total. The number of hydrogen-bond acceptors (Lipinski definition) is 3. The van der Waals surface area contributed by atoms with E-state index in [1.54, 1.807) is 0 Å². The zero-order chi connectivity index (χ0) is 12.7. The van der Waals surface area contributed by atoms with E-state index in [-0.39, 0.29) is 0 Å². The molecular formula is C16H19N3. The molecule has 2 saturated heterocycles. The zero-order valence-electron chi connectivity index (χ0n) is 11.0. The number of nitrogens with one attached hydrogen (secondary N) is 1. The topological polar surface area (TPSA) is 28.2 Å². The first kappa shape index (κ1) is 11.4. The number of benzene rings is 1. The van der Waals surface area contributed by atoms with Gasteiger partial charge in [-0.2, -0.15) is 0 Å². The van der Waals surface area contributed by atoms with Crippen LogP contribution in [-0.4, -0.2) is 36.1 Å².